The van der Waals surface area contributed by atoms with Crippen LogP contribution in [-0.2, 0) is 20.8 Å². The minimum absolute atomic E-state index is 0.563. The Labute approximate surface area is 327 Å². The van der Waals surface area contributed by atoms with Crippen LogP contribution in [0.3, 0.4) is 0 Å². The van der Waals surface area contributed by atoms with Gasteiger partial charge in [-0.1, -0.05) is 150 Å². The fraction of sp³-hybridized carbons (Fsp3) is 0.277. The third kappa shape index (κ3) is 9.83. The van der Waals surface area contributed by atoms with E-state index in [4.69, 9.17) is 17.0 Å². The molecule has 0 atom stereocenters. The van der Waals surface area contributed by atoms with E-state index in [1.165, 1.54) is 109 Å². The van der Waals surface area contributed by atoms with Crippen molar-refractivity contribution in [2.45, 2.75) is 84.7 Å². The van der Waals surface area contributed by atoms with Crippen LogP contribution in [0.2, 0.25) is 13.1 Å². The van der Waals surface area contributed by atoms with Crippen molar-refractivity contribution >= 4 is 58.9 Å². The van der Waals surface area contributed by atoms with Crippen molar-refractivity contribution in [2.75, 3.05) is 0 Å². The molecule has 0 aliphatic heterocycles. The SMILES string of the molecule is CC(C)c1cc2c(-c3cccc4ccccc34)cccc2[cH-]1.C[Si]C.Cc1cc2c(-c3ccc(C4CCCCC4)cc3)ccc(C)c2[cH-]1.[Cl][Zr+2][Cl]. The van der Waals surface area contributed by atoms with Crippen LogP contribution in [0.25, 0.3) is 54.6 Å². The van der Waals surface area contributed by atoms with Crippen molar-refractivity contribution in [2.24, 2.45) is 0 Å². The Hall–Kier alpha value is -2.74. The zero-order valence-corrected chi connectivity index (χ0v) is 36.0. The van der Waals surface area contributed by atoms with E-state index >= 15 is 0 Å². The molecule has 7 aromatic rings. The van der Waals surface area contributed by atoms with Gasteiger partial charge in [0, 0.05) is 9.52 Å². The van der Waals surface area contributed by atoms with Gasteiger partial charge in [0.05, 0.1) is 0 Å². The molecular formula is C47H50Cl2SiZr. The van der Waals surface area contributed by atoms with E-state index in [0.717, 1.165) is 15.4 Å². The summed E-state index contributed by atoms with van der Waals surface area (Å²) >= 11 is -0.826. The van der Waals surface area contributed by atoms with E-state index in [-0.39, 0.29) is 0 Å². The molecular weight excluding hydrogens is 755 g/mol. The van der Waals surface area contributed by atoms with Gasteiger partial charge in [0.2, 0.25) is 0 Å². The summed E-state index contributed by atoms with van der Waals surface area (Å²) in [5, 5.41) is 8.12. The van der Waals surface area contributed by atoms with Gasteiger partial charge in [-0.2, -0.15) is 12.1 Å². The summed E-state index contributed by atoms with van der Waals surface area (Å²) in [6.07, 6.45) is 6.97. The molecule has 0 spiro atoms. The van der Waals surface area contributed by atoms with Crippen LogP contribution in [0, 0.1) is 13.8 Å². The molecule has 2 radical (unpaired) electrons. The van der Waals surface area contributed by atoms with E-state index < -0.39 is 20.8 Å². The first kappa shape index (κ1) is 39.5. The molecule has 260 valence electrons. The number of rotatable bonds is 4. The molecule has 1 fully saturated rings. The van der Waals surface area contributed by atoms with E-state index in [0.29, 0.717) is 5.92 Å². The van der Waals surface area contributed by atoms with Crippen molar-refractivity contribution in [3.8, 4) is 22.3 Å². The van der Waals surface area contributed by atoms with Gasteiger partial charge in [0.25, 0.3) is 0 Å². The predicted molar refractivity (Wildman–Crippen MR) is 226 cm³/mol. The van der Waals surface area contributed by atoms with Crippen LogP contribution in [0.1, 0.15) is 80.0 Å². The van der Waals surface area contributed by atoms with E-state index in [2.05, 4.69) is 162 Å². The zero-order chi connectivity index (χ0) is 36.3. The standard InChI is InChI=1S/C23H25.C22H19.C2H6Si.2ClH.Zr/c1-16-14-22-17(2)8-13-21(23(22)15-16)20-11-9-19(10-12-20)18-6-4-3-5-7-18;1-15(2)18-13-17-9-6-12-21(22(17)14-18)20-11-5-8-16-7-3-4-10-19(16)20;1-3-2;;;/h8-15,18H,3-7H2,1-2H3;3-15H,1-2H3;1-2H3;2*1H;/q2*-1;;;;+4/p-2. The average Bonchev–Trinajstić information content (AvgIpc) is 3.78. The monoisotopic (exact) mass is 802 g/mol. The third-order valence-electron chi connectivity index (χ3n) is 10.1. The molecule has 0 saturated heterocycles. The number of halogens is 2. The second-order valence-electron chi connectivity index (χ2n) is 14.1. The fourth-order valence-corrected chi connectivity index (χ4v) is 7.50. The average molecular weight is 805 g/mol. The van der Waals surface area contributed by atoms with Gasteiger partial charge in [0.15, 0.2) is 0 Å². The molecule has 0 unspecified atom stereocenters. The van der Waals surface area contributed by atoms with Crippen LogP contribution in [-0.4, -0.2) is 9.52 Å². The normalized spacial score (nSPS) is 12.8. The molecule has 0 aromatic heterocycles. The quantitative estimate of drug-likeness (QED) is 0.123. The molecule has 7 aromatic carbocycles. The Kier molecular flexibility index (Phi) is 15.0. The van der Waals surface area contributed by atoms with E-state index in [1.807, 2.05) is 0 Å². The summed E-state index contributed by atoms with van der Waals surface area (Å²) in [5.41, 5.74) is 11.1. The molecule has 1 aliphatic rings. The minimum atomic E-state index is -0.826. The van der Waals surface area contributed by atoms with Gasteiger partial charge < -0.3 is 0 Å². The molecule has 1 aliphatic carbocycles. The Balaban J connectivity index is 0.000000172. The summed E-state index contributed by atoms with van der Waals surface area (Å²) in [4.78, 5) is 0. The van der Waals surface area contributed by atoms with Crippen LogP contribution in [0.4, 0.5) is 0 Å². The number of benzene rings is 5. The maximum atomic E-state index is 4.93. The second-order valence-corrected chi connectivity index (χ2v) is 18.8. The van der Waals surface area contributed by atoms with Crippen LogP contribution >= 0.6 is 17.0 Å². The van der Waals surface area contributed by atoms with E-state index in [1.54, 1.807) is 0 Å². The fourth-order valence-electron chi connectivity index (χ4n) is 7.50. The Morgan fingerprint density at radius 3 is 1.98 bits per heavy atom. The zero-order valence-electron chi connectivity index (χ0n) is 31.0. The first-order valence-corrected chi connectivity index (χ1v) is 26.6. The third-order valence-corrected chi connectivity index (χ3v) is 10.1. The first-order chi connectivity index (χ1) is 24.8. The Bertz CT molecular complexity index is 2120. The van der Waals surface area contributed by atoms with Crippen molar-refractivity contribution in [1.82, 2.24) is 0 Å². The summed E-state index contributed by atoms with van der Waals surface area (Å²) in [5.74, 6) is 1.35. The summed E-state index contributed by atoms with van der Waals surface area (Å²) in [6, 6.07) is 45.1. The molecule has 1 saturated carbocycles. The van der Waals surface area contributed by atoms with Crippen molar-refractivity contribution in [1.29, 1.82) is 0 Å². The topological polar surface area (TPSA) is 0 Å². The number of fused-ring (bicyclic) bond motifs is 3. The van der Waals surface area contributed by atoms with Crippen molar-refractivity contribution < 1.29 is 20.8 Å². The van der Waals surface area contributed by atoms with Gasteiger partial charge in [-0.15, -0.1) is 68.6 Å². The van der Waals surface area contributed by atoms with Crippen molar-refractivity contribution in [3.63, 3.8) is 0 Å². The number of hydrogen-bond donors (Lipinski definition) is 0. The molecule has 0 heterocycles. The van der Waals surface area contributed by atoms with Crippen molar-refractivity contribution in [3.05, 3.63) is 144 Å². The molecule has 0 amide bonds. The van der Waals surface area contributed by atoms with E-state index in [9.17, 15) is 0 Å². The van der Waals surface area contributed by atoms with Crippen LogP contribution in [0.5, 0.6) is 0 Å². The van der Waals surface area contributed by atoms with Gasteiger partial charge in [-0.25, -0.2) is 0 Å². The molecule has 4 heteroatoms. The second kappa shape index (κ2) is 19.4. The number of hydrogen-bond acceptors (Lipinski definition) is 0. The molecule has 0 N–H and O–H groups in total. The summed E-state index contributed by atoms with van der Waals surface area (Å²) < 4.78 is 0. The van der Waals surface area contributed by atoms with Gasteiger partial charge >= 0.3 is 37.9 Å². The number of aryl methyl sites for hydroxylation is 2. The Morgan fingerprint density at radius 1 is 0.667 bits per heavy atom. The first-order valence-electron chi connectivity index (χ1n) is 18.3. The van der Waals surface area contributed by atoms with Gasteiger partial charge in [-0.3, -0.25) is 0 Å². The molecule has 8 rings (SSSR count). The van der Waals surface area contributed by atoms with Crippen LogP contribution in [0.15, 0.2) is 121 Å². The van der Waals surface area contributed by atoms with Gasteiger partial charge in [0.1, 0.15) is 0 Å². The summed E-state index contributed by atoms with van der Waals surface area (Å²) in [6.45, 7) is 13.2. The maximum absolute atomic E-state index is 4.93. The summed E-state index contributed by atoms with van der Waals surface area (Å²) in [7, 11) is 11.0. The molecule has 51 heavy (non-hydrogen) atoms. The predicted octanol–water partition coefficient (Wildman–Crippen LogP) is 15.6. The Morgan fingerprint density at radius 2 is 1.29 bits per heavy atom. The van der Waals surface area contributed by atoms with Crippen LogP contribution < -0.4 is 0 Å². The molecule has 0 nitrogen and oxygen atoms in total. The molecule has 0 bridgehead atoms. The van der Waals surface area contributed by atoms with Gasteiger partial charge in [-0.05, 0) is 52.1 Å².